The average Bonchev–Trinajstić information content (AvgIpc) is 3.26. The second-order valence-electron chi connectivity index (χ2n) is 6.67. The van der Waals surface area contributed by atoms with Crippen molar-refractivity contribution in [2.24, 2.45) is 5.92 Å². The van der Waals surface area contributed by atoms with Crippen LogP contribution in [0.25, 0.3) is 0 Å². The van der Waals surface area contributed by atoms with E-state index in [1.165, 1.54) is 4.90 Å². The number of carbonyl (C=O) groups is 3. The molecule has 1 saturated heterocycles. The Morgan fingerprint density at radius 2 is 1.66 bits per heavy atom. The smallest absolute Gasteiger partial charge is 0.357 e. The minimum absolute atomic E-state index is 0.166. The molecule has 3 N–H and O–H groups in total. The molecule has 0 saturated carbocycles. The number of halogens is 3. The van der Waals surface area contributed by atoms with Crippen LogP contribution in [-0.4, -0.2) is 40.7 Å². The predicted molar refractivity (Wildman–Crippen MR) is 96.5 cm³/mol. The van der Waals surface area contributed by atoms with E-state index in [9.17, 15) is 27.6 Å². The van der Waals surface area contributed by atoms with Crippen molar-refractivity contribution >= 4 is 17.7 Å². The molecule has 3 amide bonds. The summed E-state index contributed by atoms with van der Waals surface area (Å²) in [6, 6.07) is 7.27. The van der Waals surface area contributed by atoms with Crippen LogP contribution in [0.5, 0.6) is 0 Å². The van der Waals surface area contributed by atoms with E-state index in [0.29, 0.717) is 31.6 Å². The first-order valence-electron chi connectivity index (χ1n) is 8.96. The zero-order valence-electron chi connectivity index (χ0n) is 15.3. The molecule has 1 aliphatic heterocycles. The van der Waals surface area contributed by atoms with Crippen LogP contribution in [-0.2, 0) is 11.0 Å². The standard InChI is InChI=1S/C19H19F3N4O3/c20-19(21,22)14-5-3-13(4-6-14)18(29)26-10-7-12(8-11-26)16(27)24-25-17(28)15-2-1-9-23-15/h1-6,9,12,23H,7-8,10-11H2,(H,24,27)(H,25,28). The van der Waals surface area contributed by atoms with Gasteiger partial charge >= 0.3 is 6.18 Å². The second-order valence-corrected chi connectivity index (χ2v) is 6.67. The van der Waals surface area contributed by atoms with Crippen molar-refractivity contribution in [3.8, 4) is 0 Å². The third-order valence-corrected chi connectivity index (χ3v) is 4.75. The van der Waals surface area contributed by atoms with Crippen LogP contribution in [0.2, 0.25) is 0 Å². The maximum absolute atomic E-state index is 12.6. The van der Waals surface area contributed by atoms with E-state index in [4.69, 9.17) is 0 Å². The molecule has 0 atom stereocenters. The Hall–Kier alpha value is -3.30. The number of benzene rings is 1. The van der Waals surface area contributed by atoms with E-state index in [0.717, 1.165) is 24.3 Å². The minimum Gasteiger partial charge on any atom is -0.357 e. The summed E-state index contributed by atoms with van der Waals surface area (Å²) in [5, 5.41) is 0. The van der Waals surface area contributed by atoms with E-state index in [1.807, 2.05) is 0 Å². The first-order valence-corrected chi connectivity index (χ1v) is 8.96. The number of nitrogens with one attached hydrogen (secondary N) is 3. The van der Waals surface area contributed by atoms with Gasteiger partial charge in [0.25, 0.3) is 11.8 Å². The number of nitrogens with zero attached hydrogens (tertiary/aromatic N) is 1. The SMILES string of the molecule is O=C(NNC(=O)C1CCN(C(=O)c2ccc(C(F)(F)F)cc2)CC1)c1ccc[nH]1. The highest BCUT2D eigenvalue weighted by Crippen LogP contribution is 2.29. The predicted octanol–water partition coefficient (Wildman–Crippen LogP) is 2.35. The van der Waals surface area contributed by atoms with Gasteiger partial charge in [-0.2, -0.15) is 13.2 Å². The molecule has 3 rings (SSSR count). The number of likely N-dealkylation sites (tertiary alicyclic amines) is 1. The second kappa shape index (κ2) is 8.38. The highest BCUT2D eigenvalue weighted by atomic mass is 19.4. The summed E-state index contributed by atoms with van der Waals surface area (Å²) in [6.45, 7) is 0.588. The van der Waals surface area contributed by atoms with Gasteiger partial charge in [0.05, 0.1) is 5.56 Å². The molecule has 0 unspecified atom stereocenters. The molecular weight excluding hydrogens is 389 g/mol. The maximum atomic E-state index is 12.6. The summed E-state index contributed by atoms with van der Waals surface area (Å²) in [5.41, 5.74) is 4.34. The fraction of sp³-hybridized carbons (Fsp3) is 0.316. The van der Waals surface area contributed by atoms with Crippen molar-refractivity contribution in [1.29, 1.82) is 0 Å². The number of alkyl halides is 3. The first kappa shape index (κ1) is 20.4. The van der Waals surface area contributed by atoms with Gasteiger partial charge in [0, 0.05) is 30.8 Å². The van der Waals surface area contributed by atoms with Gasteiger partial charge in [0.2, 0.25) is 5.91 Å². The number of hydrazine groups is 1. The van der Waals surface area contributed by atoms with Crippen LogP contribution in [0, 0.1) is 5.92 Å². The van der Waals surface area contributed by atoms with Crippen LogP contribution >= 0.6 is 0 Å². The number of piperidine rings is 1. The Balaban J connectivity index is 1.48. The molecule has 0 aliphatic carbocycles. The number of rotatable bonds is 3. The van der Waals surface area contributed by atoms with E-state index >= 15 is 0 Å². The van der Waals surface area contributed by atoms with E-state index in [1.54, 1.807) is 18.3 Å². The minimum atomic E-state index is -4.45. The van der Waals surface area contributed by atoms with E-state index in [-0.39, 0.29) is 23.3 Å². The molecule has 1 aromatic heterocycles. The molecule has 0 bridgehead atoms. The van der Waals surface area contributed by atoms with Crippen molar-refractivity contribution in [3.05, 3.63) is 59.4 Å². The summed E-state index contributed by atoms with van der Waals surface area (Å²) in [7, 11) is 0. The highest BCUT2D eigenvalue weighted by Gasteiger charge is 2.31. The molecule has 7 nitrogen and oxygen atoms in total. The Bertz CT molecular complexity index is 871. The van der Waals surface area contributed by atoms with Gasteiger partial charge in [0.15, 0.2) is 0 Å². The van der Waals surface area contributed by atoms with Crippen LogP contribution < -0.4 is 10.9 Å². The molecule has 0 spiro atoms. The van der Waals surface area contributed by atoms with Crippen molar-refractivity contribution in [3.63, 3.8) is 0 Å². The van der Waals surface area contributed by atoms with Gasteiger partial charge in [0.1, 0.15) is 5.69 Å². The molecular formula is C19H19F3N4O3. The first-order chi connectivity index (χ1) is 13.8. The number of H-pyrrole nitrogens is 1. The van der Waals surface area contributed by atoms with Gasteiger partial charge in [-0.3, -0.25) is 25.2 Å². The number of hydrogen-bond donors (Lipinski definition) is 3. The van der Waals surface area contributed by atoms with Crippen molar-refractivity contribution in [2.75, 3.05) is 13.1 Å². The van der Waals surface area contributed by atoms with Crippen LogP contribution in [0.3, 0.4) is 0 Å². The van der Waals surface area contributed by atoms with Crippen molar-refractivity contribution in [1.82, 2.24) is 20.7 Å². The number of hydrogen-bond acceptors (Lipinski definition) is 3. The lowest BCUT2D eigenvalue weighted by atomic mass is 9.95. The van der Waals surface area contributed by atoms with Gasteiger partial charge in [-0.1, -0.05) is 0 Å². The van der Waals surface area contributed by atoms with Crippen LogP contribution in [0.15, 0.2) is 42.6 Å². The molecule has 154 valence electrons. The lowest BCUT2D eigenvalue weighted by Crippen LogP contribution is -2.48. The quantitative estimate of drug-likeness (QED) is 0.681. The van der Waals surface area contributed by atoms with Crippen LogP contribution in [0.4, 0.5) is 13.2 Å². The fourth-order valence-electron chi connectivity index (χ4n) is 3.09. The Kier molecular flexibility index (Phi) is 5.90. The van der Waals surface area contributed by atoms with Gasteiger partial charge in [-0.15, -0.1) is 0 Å². The van der Waals surface area contributed by atoms with Gasteiger partial charge in [-0.05, 0) is 49.2 Å². The van der Waals surface area contributed by atoms with Crippen LogP contribution in [0.1, 0.15) is 39.3 Å². The number of aromatic nitrogens is 1. The Labute approximate surface area is 164 Å². The molecule has 29 heavy (non-hydrogen) atoms. The monoisotopic (exact) mass is 408 g/mol. The normalized spacial score (nSPS) is 15.1. The third-order valence-electron chi connectivity index (χ3n) is 4.75. The van der Waals surface area contributed by atoms with E-state index < -0.39 is 17.6 Å². The molecule has 10 heteroatoms. The number of aromatic amines is 1. The highest BCUT2D eigenvalue weighted by molar-refractivity contribution is 5.95. The zero-order chi connectivity index (χ0) is 21.0. The van der Waals surface area contributed by atoms with Crippen molar-refractivity contribution < 1.29 is 27.6 Å². The Morgan fingerprint density at radius 3 is 2.21 bits per heavy atom. The summed E-state index contributed by atoms with van der Waals surface area (Å²) < 4.78 is 37.9. The van der Waals surface area contributed by atoms with E-state index in [2.05, 4.69) is 15.8 Å². The number of amides is 3. The zero-order valence-corrected chi connectivity index (χ0v) is 15.3. The number of carbonyl (C=O) groups excluding carboxylic acids is 3. The summed E-state index contributed by atoms with van der Waals surface area (Å²) in [5.74, 6) is -1.59. The van der Waals surface area contributed by atoms with Crippen molar-refractivity contribution in [2.45, 2.75) is 19.0 Å². The fourth-order valence-corrected chi connectivity index (χ4v) is 3.09. The summed E-state index contributed by atoms with van der Waals surface area (Å²) in [6.07, 6.45) is -2.10. The summed E-state index contributed by atoms with van der Waals surface area (Å²) >= 11 is 0. The Morgan fingerprint density at radius 1 is 1.00 bits per heavy atom. The molecule has 1 fully saturated rings. The molecule has 2 aromatic rings. The van der Waals surface area contributed by atoms with Gasteiger partial charge in [-0.25, -0.2) is 0 Å². The molecule has 1 aliphatic rings. The average molecular weight is 408 g/mol. The molecule has 0 radical (unpaired) electrons. The largest absolute Gasteiger partial charge is 0.416 e. The summed E-state index contributed by atoms with van der Waals surface area (Å²) in [4.78, 5) is 40.7. The lowest BCUT2D eigenvalue weighted by molar-refractivity contribution is -0.137. The third kappa shape index (κ3) is 4.95. The molecule has 1 aromatic carbocycles. The topological polar surface area (TPSA) is 94.3 Å². The molecule has 2 heterocycles. The lowest BCUT2D eigenvalue weighted by Gasteiger charge is -2.31. The maximum Gasteiger partial charge on any atom is 0.416 e. The van der Waals surface area contributed by atoms with Gasteiger partial charge < -0.3 is 9.88 Å².